The third-order valence-electron chi connectivity index (χ3n) is 4.16. The summed E-state index contributed by atoms with van der Waals surface area (Å²) in [6.07, 6.45) is 6.82. The average Bonchev–Trinajstić information content (AvgIpc) is 2.69. The average molecular weight is 243 g/mol. The van der Waals surface area contributed by atoms with Crippen molar-refractivity contribution in [1.29, 1.82) is 0 Å². The molecule has 1 aliphatic carbocycles. The monoisotopic (exact) mass is 243 g/mol. The lowest BCUT2D eigenvalue weighted by atomic mass is 9.89. The number of hydrogen-bond donors (Lipinski definition) is 1. The van der Waals surface area contributed by atoms with Crippen LogP contribution in [0, 0.1) is 12.8 Å². The molecule has 0 atom stereocenters. The zero-order chi connectivity index (χ0) is 12.5. The van der Waals surface area contributed by atoms with Gasteiger partial charge in [0.25, 0.3) is 0 Å². The Balaban J connectivity index is 1.97. The molecule has 2 aromatic rings. The van der Waals surface area contributed by atoms with Crippen LogP contribution in [-0.4, -0.2) is 9.55 Å². The van der Waals surface area contributed by atoms with Crippen LogP contribution < -0.4 is 5.73 Å². The van der Waals surface area contributed by atoms with Gasteiger partial charge in [-0.05, 0) is 37.3 Å². The van der Waals surface area contributed by atoms with Crippen LogP contribution in [0.3, 0.4) is 0 Å². The van der Waals surface area contributed by atoms with Gasteiger partial charge >= 0.3 is 0 Å². The van der Waals surface area contributed by atoms with Gasteiger partial charge < -0.3 is 10.3 Å². The highest BCUT2D eigenvalue weighted by molar-refractivity contribution is 5.81. The van der Waals surface area contributed by atoms with Gasteiger partial charge in [-0.25, -0.2) is 4.98 Å². The molecule has 96 valence electrons. The van der Waals surface area contributed by atoms with E-state index >= 15 is 0 Å². The first-order valence-electron chi connectivity index (χ1n) is 6.97. The predicted molar refractivity (Wildman–Crippen MR) is 75.5 cm³/mol. The lowest BCUT2D eigenvalue weighted by molar-refractivity contribution is 0.323. The predicted octanol–water partition coefficient (Wildman–Crippen LogP) is 3.51. The number of imidazole rings is 1. The second kappa shape index (κ2) is 4.63. The number of hydrogen-bond acceptors (Lipinski definition) is 2. The van der Waals surface area contributed by atoms with Gasteiger partial charge in [0, 0.05) is 6.54 Å². The first-order chi connectivity index (χ1) is 8.75. The second-order valence-corrected chi connectivity index (χ2v) is 5.53. The Hall–Kier alpha value is -1.51. The summed E-state index contributed by atoms with van der Waals surface area (Å²) >= 11 is 0. The van der Waals surface area contributed by atoms with Gasteiger partial charge in [-0.2, -0.15) is 0 Å². The Morgan fingerprint density at radius 1 is 1.28 bits per heavy atom. The first kappa shape index (κ1) is 11.6. The molecule has 0 amide bonds. The summed E-state index contributed by atoms with van der Waals surface area (Å²) in [4.78, 5) is 4.48. The summed E-state index contributed by atoms with van der Waals surface area (Å²) < 4.78 is 2.22. The van der Waals surface area contributed by atoms with Crippen molar-refractivity contribution in [1.82, 2.24) is 9.55 Å². The Morgan fingerprint density at radius 3 is 2.83 bits per heavy atom. The van der Waals surface area contributed by atoms with Gasteiger partial charge in [0.1, 0.15) is 0 Å². The number of benzene rings is 1. The zero-order valence-electron chi connectivity index (χ0n) is 11.0. The maximum atomic E-state index is 6.09. The Morgan fingerprint density at radius 2 is 2.06 bits per heavy atom. The SMILES string of the molecule is Cc1cccc2nc(N)n(CC3CCCCC3)c12. The molecule has 18 heavy (non-hydrogen) atoms. The van der Waals surface area contributed by atoms with Gasteiger partial charge in [-0.3, -0.25) is 0 Å². The molecule has 0 spiro atoms. The van der Waals surface area contributed by atoms with Crippen LogP contribution in [0.25, 0.3) is 11.0 Å². The molecule has 1 aromatic heterocycles. The van der Waals surface area contributed by atoms with Crippen LogP contribution >= 0.6 is 0 Å². The van der Waals surface area contributed by atoms with E-state index in [0.29, 0.717) is 5.95 Å². The zero-order valence-corrected chi connectivity index (χ0v) is 11.0. The molecule has 1 heterocycles. The minimum atomic E-state index is 0.671. The number of aryl methyl sites for hydroxylation is 1. The van der Waals surface area contributed by atoms with Crippen molar-refractivity contribution in [2.75, 3.05) is 5.73 Å². The molecule has 3 nitrogen and oxygen atoms in total. The van der Waals surface area contributed by atoms with Gasteiger partial charge in [-0.1, -0.05) is 31.4 Å². The normalized spacial score (nSPS) is 17.4. The number of fused-ring (bicyclic) bond motifs is 1. The number of nitrogens with two attached hydrogens (primary N) is 1. The number of aromatic nitrogens is 2. The van der Waals surface area contributed by atoms with E-state index in [-0.39, 0.29) is 0 Å². The maximum absolute atomic E-state index is 6.09. The standard InChI is InChI=1S/C15H21N3/c1-11-6-5-9-13-14(11)18(15(16)17-13)10-12-7-3-2-4-8-12/h5-6,9,12H,2-4,7-8,10H2,1H3,(H2,16,17). The van der Waals surface area contributed by atoms with Crippen molar-refractivity contribution >= 4 is 17.0 Å². The molecule has 0 unspecified atom stereocenters. The van der Waals surface area contributed by atoms with Crippen molar-refractivity contribution in [3.63, 3.8) is 0 Å². The maximum Gasteiger partial charge on any atom is 0.201 e. The minimum absolute atomic E-state index is 0.671. The Labute approximate surface area is 108 Å². The van der Waals surface area contributed by atoms with E-state index in [1.165, 1.54) is 43.2 Å². The van der Waals surface area contributed by atoms with Crippen LogP contribution in [0.1, 0.15) is 37.7 Å². The summed E-state index contributed by atoms with van der Waals surface area (Å²) in [6.45, 7) is 3.17. The van der Waals surface area contributed by atoms with E-state index in [1.807, 2.05) is 0 Å². The summed E-state index contributed by atoms with van der Waals surface area (Å²) in [6, 6.07) is 6.24. The second-order valence-electron chi connectivity index (χ2n) is 5.53. The quantitative estimate of drug-likeness (QED) is 0.877. The molecule has 0 radical (unpaired) electrons. The molecule has 3 rings (SSSR count). The fraction of sp³-hybridized carbons (Fsp3) is 0.533. The van der Waals surface area contributed by atoms with Crippen LogP contribution in [-0.2, 0) is 6.54 Å². The van der Waals surface area contributed by atoms with Crippen molar-refractivity contribution in [3.8, 4) is 0 Å². The number of anilines is 1. The fourth-order valence-electron chi connectivity index (χ4n) is 3.20. The van der Waals surface area contributed by atoms with Crippen LogP contribution in [0.4, 0.5) is 5.95 Å². The summed E-state index contributed by atoms with van der Waals surface area (Å²) in [5.74, 6) is 1.45. The van der Waals surface area contributed by atoms with Gasteiger partial charge in [0.05, 0.1) is 11.0 Å². The third kappa shape index (κ3) is 1.98. The number of para-hydroxylation sites is 1. The van der Waals surface area contributed by atoms with E-state index in [2.05, 4.69) is 34.7 Å². The highest BCUT2D eigenvalue weighted by Crippen LogP contribution is 2.28. The van der Waals surface area contributed by atoms with Crippen LogP contribution in [0.2, 0.25) is 0 Å². The minimum Gasteiger partial charge on any atom is -0.369 e. The van der Waals surface area contributed by atoms with Gasteiger partial charge in [-0.15, -0.1) is 0 Å². The number of nitrogens with zero attached hydrogens (tertiary/aromatic N) is 2. The van der Waals surface area contributed by atoms with E-state index in [1.54, 1.807) is 0 Å². The first-order valence-corrected chi connectivity index (χ1v) is 6.97. The molecule has 0 bridgehead atoms. The molecule has 1 saturated carbocycles. The van der Waals surface area contributed by atoms with Crippen molar-refractivity contribution in [2.45, 2.75) is 45.6 Å². The fourth-order valence-corrected chi connectivity index (χ4v) is 3.20. The lowest BCUT2D eigenvalue weighted by Gasteiger charge is -2.22. The molecule has 1 fully saturated rings. The molecule has 0 saturated heterocycles. The molecule has 1 aliphatic rings. The molecule has 3 heteroatoms. The highest BCUT2D eigenvalue weighted by Gasteiger charge is 2.17. The Kier molecular flexibility index (Phi) is 2.98. The third-order valence-corrected chi connectivity index (χ3v) is 4.16. The molecular weight excluding hydrogens is 222 g/mol. The molecule has 0 aliphatic heterocycles. The van der Waals surface area contributed by atoms with E-state index in [4.69, 9.17) is 5.73 Å². The smallest absolute Gasteiger partial charge is 0.201 e. The van der Waals surface area contributed by atoms with Gasteiger partial charge in [0.2, 0.25) is 5.95 Å². The van der Waals surface area contributed by atoms with Crippen molar-refractivity contribution < 1.29 is 0 Å². The summed E-state index contributed by atoms with van der Waals surface area (Å²) in [5.41, 5.74) is 9.62. The topological polar surface area (TPSA) is 43.8 Å². The molecular formula is C15H21N3. The largest absolute Gasteiger partial charge is 0.369 e. The highest BCUT2D eigenvalue weighted by atomic mass is 15.2. The molecule has 1 aromatic carbocycles. The van der Waals surface area contributed by atoms with E-state index < -0.39 is 0 Å². The van der Waals surface area contributed by atoms with Crippen LogP contribution in [0.5, 0.6) is 0 Å². The van der Waals surface area contributed by atoms with E-state index in [9.17, 15) is 0 Å². The number of rotatable bonds is 2. The number of nitrogen functional groups attached to an aromatic ring is 1. The Bertz CT molecular complexity index is 550. The summed E-state index contributed by atoms with van der Waals surface area (Å²) in [7, 11) is 0. The van der Waals surface area contributed by atoms with Crippen molar-refractivity contribution in [3.05, 3.63) is 23.8 Å². The molecule has 2 N–H and O–H groups in total. The van der Waals surface area contributed by atoms with Crippen LogP contribution in [0.15, 0.2) is 18.2 Å². The lowest BCUT2D eigenvalue weighted by Crippen LogP contribution is -2.15. The van der Waals surface area contributed by atoms with E-state index in [0.717, 1.165) is 18.0 Å². The summed E-state index contributed by atoms with van der Waals surface area (Å²) in [5, 5.41) is 0. The van der Waals surface area contributed by atoms with Gasteiger partial charge in [0.15, 0.2) is 0 Å². The van der Waals surface area contributed by atoms with Crippen molar-refractivity contribution in [2.24, 2.45) is 5.92 Å².